The zero-order chi connectivity index (χ0) is 16.7. The number of carbonyl (C=O) groups excluding carboxylic acids is 2. The zero-order valence-electron chi connectivity index (χ0n) is 12.5. The summed E-state index contributed by atoms with van der Waals surface area (Å²) < 4.78 is 1.32. The van der Waals surface area contributed by atoms with Crippen molar-refractivity contribution in [1.82, 2.24) is 9.55 Å². The molecule has 0 bridgehead atoms. The summed E-state index contributed by atoms with van der Waals surface area (Å²) in [6, 6.07) is 2.24. The molecule has 116 valence electrons. The van der Waals surface area contributed by atoms with Gasteiger partial charge in [0.2, 0.25) is 0 Å². The van der Waals surface area contributed by atoms with Gasteiger partial charge >= 0.3 is 0 Å². The second-order valence-corrected chi connectivity index (χ2v) is 5.61. The maximum Gasteiger partial charge on any atom is 0.264 e. The van der Waals surface area contributed by atoms with Gasteiger partial charge in [0.25, 0.3) is 5.56 Å². The molecule has 7 heteroatoms. The minimum atomic E-state index is -0.683. The Labute approximate surface area is 131 Å². The molecule has 1 fully saturated rings. The highest BCUT2D eigenvalue weighted by atomic mass is 16.2. The van der Waals surface area contributed by atoms with E-state index in [4.69, 9.17) is 12.3 Å². The van der Waals surface area contributed by atoms with Crippen LogP contribution in [0.3, 0.4) is 0 Å². The highest BCUT2D eigenvalue weighted by Gasteiger charge is 2.30. The molecule has 1 aromatic carbocycles. The first-order chi connectivity index (χ1) is 10.9. The van der Waals surface area contributed by atoms with Gasteiger partial charge in [0.1, 0.15) is 11.6 Å². The van der Waals surface area contributed by atoms with Crippen LogP contribution in [0.1, 0.15) is 31.1 Å². The average molecular weight is 310 g/mol. The van der Waals surface area contributed by atoms with Crippen LogP contribution in [0.4, 0.5) is 11.4 Å². The summed E-state index contributed by atoms with van der Waals surface area (Å²) in [7, 11) is 0. The molecule has 1 aromatic heterocycles. The molecular weight excluding hydrogens is 296 g/mol. The molecule has 2 N–H and O–H groups in total. The lowest BCUT2D eigenvalue weighted by molar-refractivity contribution is -0.132. The Morgan fingerprint density at radius 2 is 2.09 bits per heavy atom. The third-order valence-corrected chi connectivity index (χ3v) is 4.08. The molecular formula is C16H14N4O3. The third kappa shape index (κ3) is 2.38. The summed E-state index contributed by atoms with van der Waals surface area (Å²) in [5, 5.41) is 0.202. The Hall–Kier alpha value is -3.01. The van der Waals surface area contributed by atoms with Crippen molar-refractivity contribution in [2.75, 3.05) is 5.73 Å². The number of ketones is 2. The molecule has 23 heavy (non-hydrogen) atoms. The van der Waals surface area contributed by atoms with Crippen LogP contribution in [0, 0.1) is 13.5 Å². The van der Waals surface area contributed by atoms with Crippen molar-refractivity contribution in [2.45, 2.75) is 32.2 Å². The van der Waals surface area contributed by atoms with E-state index >= 15 is 0 Å². The lowest BCUT2D eigenvalue weighted by atomic mass is 9.92. The number of aryl methyl sites for hydroxylation is 1. The van der Waals surface area contributed by atoms with Gasteiger partial charge in [0, 0.05) is 12.1 Å². The molecule has 0 unspecified atom stereocenters. The van der Waals surface area contributed by atoms with Gasteiger partial charge in [-0.2, -0.15) is 0 Å². The normalized spacial score (nSPS) is 18.2. The summed E-state index contributed by atoms with van der Waals surface area (Å²) >= 11 is 0. The number of carbonyl (C=O) groups is 2. The van der Waals surface area contributed by atoms with Crippen LogP contribution in [0.15, 0.2) is 16.9 Å². The molecule has 1 heterocycles. The van der Waals surface area contributed by atoms with Crippen molar-refractivity contribution in [1.29, 1.82) is 0 Å². The topological polar surface area (TPSA) is 99.4 Å². The standard InChI is InChI=1S/C16H14N4O3/c1-8-19-12-6-9(18-2)5-11(17)15(12)16(23)20(8)13-4-3-10(21)7-14(13)22/h5-6,13H,3-4,7,17H2,1H3/t13-/m1/s1. The van der Waals surface area contributed by atoms with E-state index in [2.05, 4.69) is 9.83 Å². The number of hydrogen-bond donors (Lipinski definition) is 1. The predicted molar refractivity (Wildman–Crippen MR) is 84.3 cm³/mol. The fourth-order valence-electron chi connectivity index (χ4n) is 3.01. The minimum Gasteiger partial charge on any atom is -0.399 e. The minimum absolute atomic E-state index is 0.105. The molecule has 7 nitrogen and oxygen atoms in total. The molecule has 0 amide bonds. The second-order valence-electron chi connectivity index (χ2n) is 5.61. The summed E-state index contributed by atoms with van der Waals surface area (Å²) in [4.78, 5) is 44.0. The van der Waals surface area contributed by atoms with Crippen molar-refractivity contribution in [2.24, 2.45) is 0 Å². The Morgan fingerprint density at radius 1 is 1.35 bits per heavy atom. The molecule has 0 radical (unpaired) electrons. The van der Waals surface area contributed by atoms with Crippen LogP contribution in [0.25, 0.3) is 15.7 Å². The predicted octanol–water partition coefficient (Wildman–Crippen LogP) is 1.70. The van der Waals surface area contributed by atoms with Gasteiger partial charge in [0.15, 0.2) is 11.5 Å². The number of nitrogen functional groups attached to an aromatic ring is 1. The lowest BCUT2D eigenvalue weighted by Gasteiger charge is -2.24. The second kappa shape index (κ2) is 5.32. The zero-order valence-corrected chi connectivity index (χ0v) is 12.5. The molecule has 1 saturated carbocycles. The number of aromatic nitrogens is 2. The van der Waals surface area contributed by atoms with Crippen LogP contribution in [-0.2, 0) is 9.59 Å². The Balaban J connectivity index is 2.25. The number of anilines is 1. The summed E-state index contributed by atoms with van der Waals surface area (Å²) in [6.45, 7) is 8.68. The Morgan fingerprint density at radius 3 is 2.74 bits per heavy atom. The fourth-order valence-corrected chi connectivity index (χ4v) is 3.01. The first kappa shape index (κ1) is 14.9. The van der Waals surface area contributed by atoms with E-state index in [-0.39, 0.29) is 35.5 Å². The lowest BCUT2D eigenvalue weighted by Crippen LogP contribution is -2.36. The molecule has 1 aliphatic carbocycles. The molecule has 0 spiro atoms. The monoisotopic (exact) mass is 310 g/mol. The van der Waals surface area contributed by atoms with Crippen molar-refractivity contribution >= 4 is 33.8 Å². The van der Waals surface area contributed by atoms with Crippen LogP contribution < -0.4 is 11.3 Å². The fraction of sp³-hybridized carbons (Fsp3) is 0.312. The van der Waals surface area contributed by atoms with E-state index in [9.17, 15) is 14.4 Å². The van der Waals surface area contributed by atoms with Crippen molar-refractivity contribution in [3.8, 4) is 0 Å². The number of nitrogens with zero attached hydrogens (tertiary/aromatic N) is 3. The number of Topliss-reactive ketones (excluding diaryl/α,β-unsaturated/α-hetero) is 2. The van der Waals surface area contributed by atoms with E-state index in [0.717, 1.165) is 0 Å². The van der Waals surface area contributed by atoms with Gasteiger partial charge in [-0.3, -0.25) is 19.0 Å². The highest BCUT2D eigenvalue weighted by Crippen LogP contribution is 2.27. The van der Waals surface area contributed by atoms with Crippen molar-refractivity contribution in [3.05, 3.63) is 39.7 Å². The Bertz CT molecular complexity index is 952. The molecule has 0 aliphatic heterocycles. The quantitative estimate of drug-likeness (QED) is 0.491. The van der Waals surface area contributed by atoms with Crippen LogP contribution >= 0.6 is 0 Å². The van der Waals surface area contributed by atoms with E-state index in [1.54, 1.807) is 6.92 Å². The molecule has 0 saturated heterocycles. The van der Waals surface area contributed by atoms with Gasteiger partial charge in [-0.25, -0.2) is 9.83 Å². The van der Waals surface area contributed by atoms with Crippen LogP contribution in [0.5, 0.6) is 0 Å². The van der Waals surface area contributed by atoms with Crippen molar-refractivity contribution in [3.63, 3.8) is 0 Å². The van der Waals surface area contributed by atoms with Crippen LogP contribution in [0.2, 0.25) is 0 Å². The number of nitrogens with two attached hydrogens (primary N) is 1. The molecule has 2 aromatic rings. The summed E-state index contributed by atoms with van der Waals surface area (Å²) in [5.74, 6) is -0.00686. The Kier molecular flexibility index (Phi) is 3.45. The number of hydrogen-bond acceptors (Lipinski definition) is 5. The summed E-state index contributed by atoms with van der Waals surface area (Å²) in [5.41, 5.74) is 6.31. The van der Waals surface area contributed by atoms with Gasteiger partial charge < -0.3 is 5.73 Å². The SMILES string of the molecule is [C-]#[N+]c1cc(N)c2c(=O)n([C@@H]3CCC(=O)CC3=O)c(C)nc2c1. The van der Waals surface area contributed by atoms with E-state index in [1.807, 2.05) is 0 Å². The van der Waals surface area contributed by atoms with Gasteiger partial charge in [-0.05, 0) is 25.5 Å². The number of rotatable bonds is 1. The van der Waals surface area contributed by atoms with Gasteiger partial charge in [-0.15, -0.1) is 0 Å². The largest absolute Gasteiger partial charge is 0.399 e. The maximum absolute atomic E-state index is 12.8. The van der Waals surface area contributed by atoms with Gasteiger partial charge in [0.05, 0.1) is 29.9 Å². The molecule has 1 atom stereocenters. The van der Waals surface area contributed by atoms with Crippen LogP contribution in [-0.4, -0.2) is 21.1 Å². The first-order valence-corrected chi connectivity index (χ1v) is 7.16. The number of benzene rings is 1. The highest BCUT2D eigenvalue weighted by molar-refractivity contribution is 6.03. The molecule has 1 aliphatic rings. The average Bonchev–Trinajstić information content (AvgIpc) is 2.48. The maximum atomic E-state index is 12.8. The van der Waals surface area contributed by atoms with E-state index < -0.39 is 11.6 Å². The van der Waals surface area contributed by atoms with Gasteiger partial charge in [-0.1, -0.05) is 0 Å². The smallest absolute Gasteiger partial charge is 0.264 e. The van der Waals surface area contributed by atoms with E-state index in [1.165, 1.54) is 16.7 Å². The first-order valence-electron chi connectivity index (χ1n) is 7.16. The number of fused-ring (bicyclic) bond motifs is 1. The van der Waals surface area contributed by atoms with E-state index in [0.29, 0.717) is 23.4 Å². The third-order valence-electron chi connectivity index (χ3n) is 4.08. The van der Waals surface area contributed by atoms with Crippen molar-refractivity contribution < 1.29 is 9.59 Å². The molecule has 3 rings (SSSR count). The summed E-state index contributed by atoms with van der Waals surface area (Å²) in [6.07, 6.45) is 0.416.